The maximum absolute atomic E-state index is 3.82. The van der Waals surface area contributed by atoms with Gasteiger partial charge < -0.3 is 0 Å². The van der Waals surface area contributed by atoms with Crippen molar-refractivity contribution in [1.82, 2.24) is 0 Å². The van der Waals surface area contributed by atoms with Crippen LogP contribution in [0.3, 0.4) is 0 Å². The van der Waals surface area contributed by atoms with E-state index in [1.54, 1.807) is 0 Å². The average molecular weight is 124 g/mol. The van der Waals surface area contributed by atoms with Gasteiger partial charge in [0.15, 0.2) is 0 Å². The topological polar surface area (TPSA) is 0 Å². The first kappa shape index (κ1) is 8.48. The molecule has 0 saturated carbocycles. The predicted octanol–water partition coefficient (Wildman–Crippen LogP) is 3.31. The quantitative estimate of drug-likeness (QED) is 0.504. The van der Waals surface area contributed by atoms with Gasteiger partial charge in [-0.2, -0.15) is 0 Å². The number of hydrogen-bond acceptors (Lipinski definition) is 0. The Labute approximate surface area is 58.3 Å². The zero-order valence-electron chi connectivity index (χ0n) is 6.48. The summed E-state index contributed by atoms with van der Waals surface area (Å²) in [7, 11) is 0. The molecule has 0 aromatic rings. The van der Waals surface area contributed by atoms with Crippen LogP contribution < -0.4 is 0 Å². The summed E-state index contributed by atoms with van der Waals surface area (Å²) in [5.74, 6) is 0. The van der Waals surface area contributed by atoms with Crippen molar-refractivity contribution in [2.24, 2.45) is 0 Å². The molecule has 0 aliphatic carbocycles. The summed E-state index contributed by atoms with van der Waals surface area (Å²) in [6.07, 6.45) is 7.85. The number of hydrogen-bond donors (Lipinski definition) is 0. The minimum Gasteiger partial charge on any atom is -0.100 e. The monoisotopic (exact) mass is 124 g/mol. The molecule has 0 heterocycles. The Morgan fingerprint density at radius 1 is 1.44 bits per heavy atom. The third-order valence-electron chi connectivity index (χ3n) is 1.14. The fourth-order valence-electron chi connectivity index (χ4n) is 0.614. The fraction of sp³-hybridized carbons (Fsp3) is 0.556. The van der Waals surface area contributed by atoms with E-state index in [4.69, 9.17) is 0 Å². The molecule has 0 aromatic carbocycles. The van der Waals surface area contributed by atoms with Crippen molar-refractivity contribution < 1.29 is 0 Å². The van der Waals surface area contributed by atoms with Crippen LogP contribution in [0, 0.1) is 0 Å². The molecule has 0 aromatic heterocycles. The predicted molar refractivity (Wildman–Crippen MR) is 43.5 cm³/mol. The van der Waals surface area contributed by atoms with Crippen LogP contribution in [0.5, 0.6) is 0 Å². The highest BCUT2D eigenvalue weighted by molar-refractivity contribution is 4.92. The van der Waals surface area contributed by atoms with Crippen LogP contribution in [0.2, 0.25) is 0 Å². The molecule has 0 amide bonds. The lowest BCUT2D eigenvalue weighted by Crippen LogP contribution is -1.70. The molecule has 0 radical (unpaired) electrons. The second-order valence-corrected chi connectivity index (χ2v) is 2.38. The van der Waals surface area contributed by atoms with E-state index in [0.29, 0.717) is 0 Å². The van der Waals surface area contributed by atoms with Crippen molar-refractivity contribution in [3.05, 3.63) is 24.3 Å². The average Bonchev–Trinajstić information content (AvgIpc) is 1.80. The second kappa shape index (κ2) is 5.61. The Morgan fingerprint density at radius 2 is 2.11 bits per heavy atom. The molecule has 0 unspecified atom stereocenters. The molecule has 0 heteroatoms. The third-order valence-corrected chi connectivity index (χ3v) is 1.14. The van der Waals surface area contributed by atoms with Crippen LogP contribution in [-0.4, -0.2) is 0 Å². The maximum Gasteiger partial charge on any atom is -0.0291 e. The maximum atomic E-state index is 3.82. The zero-order chi connectivity index (χ0) is 7.11. The molecule has 0 N–H and O–H groups in total. The molecular weight excluding hydrogens is 108 g/mol. The van der Waals surface area contributed by atoms with Gasteiger partial charge >= 0.3 is 0 Å². The number of allylic oxidation sites excluding steroid dienone is 3. The van der Waals surface area contributed by atoms with Gasteiger partial charge in [-0.15, -0.1) is 6.58 Å². The molecule has 0 spiro atoms. The van der Waals surface area contributed by atoms with Gasteiger partial charge in [-0.1, -0.05) is 24.6 Å². The largest absolute Gasteiger partial charge is 0.100 e. The van der Waals surface area contributed by atoms with Crippen LogP contribution in [0.4, 0.5) is 0 Å². The zero-order valence-corrected chi connectivity index (χ0v) is 6.48. The van der Waals surface area contributed by atoms with Crippen LogP contribution in [0.1, 0.15) is 33.1 Å². The summed E-state index contributed by atoms with van der Waals surface area (Å²) >= 11 is 0. The van der Waals surface area contributed by atoms with Crippen molar-refractivity contribution >= 4 is 0 Å². The Hall–Kier alpha value is -0.520. The second-order valence-electron chi connectivity index (χ2n) is 2.38. The Bertz CT molecular complexity index is 98.6. The number of rotatable bonds is 4. The lowest BCUT2D eigenvalue weighted by Gasteiger charge is -1.90. The van der Waals surface area contributed by atoms with E-state index in [1.165, 1.54) is 5.57 Å². The van der Waals surface area contributed by atoms with Crippen LogP contribution >= 0.6 is 0 Å². The third kappa shape index (κ3) is 7.48. The van der Waals surface area contributed by atoms with Gasteiger partial charge in [0.25, 0.3) is 0 Å². The summed E-state index contributed by atoms with van der Waals surface area (Å²) < 4.78 is 0. The van der Waals surface area contributed by atoms with Crippen LogP contribution in [0.15, 0.2) is 24.3 Å². The Morgan fingerprint density at radius 3 is 2.56 bits per heavy atom. The van der Waals surface area contributed by atoms with Crippen molar-refractivity contribution in [2.45, 2.75) is 33.1 Å². The van der Waals surface area contributed by atoms with E-state index in [0.717, 1.165) is 19.3 Å². The van der Waals surface area contributed by atoms with Gasteiger partial charge in [0.05, 0.1) is 0 Å². The smallest absolute Gasteiger partial charge is 0.0291 e. The fourth-order valence-corrected chi connectivity index (χ4v) is 0.614. The first-order valence-corrected chi connectivity index (χ1v) is 3.56. The molecule has 0 aliphatic heterocycles. The van der Waals surface area contributed by atoms with Crippen molar-refractivity contribution in [1.29, 1.82) is 0 Å². The highest BCUT2D eigenvalue weighted by Crippen LogP contribution is 2.00. The molecule has 0 aliphatic rings. The van der Waals surface area contributed by atoms with Crippen molar-refractivity contribution in [2.75, 3.05) is 0 Å². The summed E-state index contributed by atoms with van der Waals surface area (Å²) in [6.45, 7) is 8.04. The summed E-state index contributed by atoms with van der Waals surface area (Å²) in [6, 6.07) is 0. The van der Waals surface area contributed by atoms with Gasteiger partial charge in [0.1, 0.15) is 0 Å². The summed E-state index contributed by atoms with van der Waals surface area (Å²) in [4.78, 5) is 0. The first-order chi connectivity index (χ1) is 4.27. The van der Waals surface area contributed by atoms with E-state index < -0.39 is 0 Å². The van der Waals surface area contributed by atoms with Gasteiger partial charge in [0.2, 0.25) is 0 Å². The molecule has 0 rings (SSSR count). The van der Waals surface area contributed by atoms with Gasteiger partial charge in [-0.25, -0.2) is 0 Å². The molecule has 9 heavy (non-hydrogen) atoms. The van der Waals surface area contributed by atoms with E-state index in [-0.39, 0.29) is 0 Å². The lowest BCUT2D eigenvalue weighted by molar-refractivity contribution is 0.976. The van der Waals surface area contributed by atoms with Crippen molar-refractivity contribution in [3.63, 3.8) is 0 Å². The Balaban J connectivity index is 3.09. The lowest BCUT2D eigenvalue weighted by atomic mass is 10.2. The molecule has 0 atom stereocenters. The normalized spacial score (nSPS) is 10.4. The van der Waals surface area contributed by atoms with E-state index in [9.17, 15) is 0 Å². The van der Waals surface area contributed by atoms with Crippen molar-refractivity contribution in [3.8, 4) is 0 Å². The summed E-state index contributed by atoms with van der Waals surface area (Å²) in [5, 5.41) is 0. The van der Waals surface area contributed by atoms with Crippen LogP contribution in [0.25, 0.3) is 0 Å². The van der Waals surface area contributed by atoms with E-state index in [1.807, 2.05) is 0 Å². The molecule has 0 bridgehead atoms. The minimum absolute atomic E-state index is 1.14. The molecule has 0 saturated heterocycles. The van der Waals surface area contributed by atoms with Gasteiger partial charge in [-0.3, -0.25) is 0 Å². The van der Waals surface area contributed by atoms with Crippen LogP contribution in [-0.2, 0) is 0 Å². The SMILES string of the molecule is C=C(C)CCC=CCC. The minimum atomic E-state index is 1.14. The summed E-state index contributed by atoms with van der Waals surface area (Å²) in [5.41, 5.74) is 1.27. The molecule has 0 nitrogen and oxygen atoms in total. The van der Waals surface area contributed by atoms with Gasteiger partial charge in [0, 0.05) is 0 Å². The van der Waals surface area contributed by atoms with E-state index >= 15 is 0 Å². The highest BCUT2D eigenvalue weighted by Gasteiger charge is 1.80. The van der Waals surface area contributed by atoms with E-state index in [2.05, 4.69) is 32.6 Å². The van der Waals surface area contributed by atoms with Gasteiger partial charge in [-0.05, 0) is 26.2 Å². The first-order valence-electron chi connectivity index (χ1n) is 3.56. The highest BCUT2D eigenvalue weighted by atomic mass is 13.9. The molecular formula is C9H16. The Kier molecular flexibility index (Phi) is 5.29. The standard InChI is InChI=1S/C9H16/c1-4-5-6-7-8-9(2)3/h5-6H,2,4,7-8H2,1,3H3. The molecule has 52 valence electrons. The molecule has 0 fully saturated rings.